The van der Waals surface area contributed by atoms with E-state index in [4.69, 9.17) is 0 Å². The van der Waals surface area contributed by atoms with Crippen LogP contribution in [0.1, 0.15) is 20.3 Å². The molecule has 4 nitrogen and oxygen atoms in total. The molecule has 108 valence electrons. The van der Waals surface area contributed by atoms with Crippen molar-refractivity contribution in [2.45, 2.75) is 20.3 Å². The van der Waals surface area contributed by atoms with E-state index in [9.17, 15) is 9.59 Å². The van der Waals surface area contributed by atoms with Gasteiger partial charge in [-0.2, -0.15) is 0 Å². The van der Waals surface area contributed by atoms with Crippen LogP contribution in [0, 0.1) is 11.8 Å². The van der Waals surface area contributed by atoms with Crippen molar-refractivity contribution in [3.8, 4) is 0 Å². The first-order valence-corrected chi connectivity index (χ1v) is 7.71. The molecule has 5 heteroatoms. The van der Waals surface area contributed by atoms with Crippen molar-refractivity contribution in [3.63, 3.8) is 0 Å². The van der Waals surface area contributed by atoms with Crippen LogP contribution in [-0.2, 0) is 9.59 Å². The van der Waals surface area contributed by atoms with Gasteiger partial charge in [-0.1, -0.05) is 22.0 Å². The van der Waals surface area contributed by atoms with Crippen molar-refractivity contribution in [2.24, 2.45) is 11.8 Å². The third kappa shape index (κ3) is 3.39. The second kappa shape index (κ2) is 6.39. The van der Waals surface area contributed by atoms with Crippen LogP contribution in [0.25, 0.3) is 0 Å². The number of hydrogen-bond acceptors (Lipinski definition) is 2. The molecule has 20 heavy (non-hydrogen) atoms. The molecule has 2 amide bonds. The number of nitrogens with one attached hydrogen (secondary N) is 1. The Morgan fingerprint density at radius 2 is 2.00 bits per heavy atom. The van der Waals surface area contributed by atoms with Crippen LogP contribution in [-0.4, -0.2) is 29.8 Å². The quantitative estimate of drug-likeness (QED) is 0.897. The monoisotopic (exact) mass is 338 g/mol. The predicted octanol–water partition coefficient (Wildman–Crippen LogP) is 2.89. The molecule has 1 aromatic rings. The van der Waals surface area contributed by atoms with Crippen LogP contribution in [0.2, 0.25) is 0 Å². The number of carbonyl (C=O) groups excluding carboxylic acids is 2. The molecule has 1 N–H and O–H groups in total. The largest absolute Gasteiger partial charge is 0.343 e. The van der Waals surface area contributed by atoms with Crippen molar-refractivity contribution < 1.29 is 9.59 Å². The highest BCUT2D eigenvalue weighted by molar-refractivity contribution is 9.10. The van der Waals surface area contributed by atoms with Gasteiger partial charge in [0.25, 0.3) is 0 Å². The van der Waals surface area contributed by atoms with E-state index in [-0.39, 0.29) is 23.7 Å². The van der Waals surface area contributed by atoms with Gasteiger partial charge in [-0.05, 0) is 38.5 Å². The maximum atomic E-state index is 12.1. The molecule has 1 fully saturated rings. The zero-order chi connectivity index (χ0) is 14.7. The summed E-state index contributed by atoms with van der Waals surface area (Å²) in [6.07, 6.45) is 0.662. The Hall–Kier alpha value is -1.36. The molecule has 0 heterocycles. The van der Waals surface area contributed by atoms with Crippen molar-refractivity contribution in [1.82, 2.24) is 4.90 Å². The molecular weight excluding hydrogens is 320 g/mol. The second-order valence-corrected chi connectivity index (χ2v) is 5.87. The number of nitrogens with zero attached hydrogens (tertiary/aromatic N) is 1. The third-order valence-corrected chi connectivity index (χ3v) is 4.10. The number of rotatable bonds is 5. The summed E-state index contributed by atoms with van der Waals surface area (Å²) in [5, 5.41) is 2.86. The Kier molecular flexibility index (Phi) is 4.81. The second-order valence-electron chi connectivity index (χ2n) is 4.96. The van der Waals surface area contributed by atoms with Crippen LogP contribution >= 0.6 is 15.9 Å². The van der Waals surface area contributed by atoms with E-state index in [0.29, 0.717) is 19.5 Å². The highest BCUT2D eigenvalue weighted by Gasteiger charge is 2.49. The number of carbonyl (C=O) groups is 2. The maximum absolute atomic E-state index is 12.1. The van der Waals surface area contributed by atoms with E-state index in [1.54, 1.807) is 4.90 Å². The smallest absolute Gasteiger partial charge is 0.228 e. The molecule has 0 aromatic heterocycles. The predicted molar refractivity (Wildman–Crippen MR) is 82.3 cm³/mol. The van der Waals surface area contributed by atoms with E-state index in [1.807, 2.05) is 38.1 Å². The Bertz CT molecular complexity index is 514. The first-order chi connectivity index (χ1) is 9.56. The highest BCUT2D eigenvalue weighted by Crippen LogP contribution is 2.40. The lowest BCUT2D eigenvalue weighted by Gasteiger charge is -2.18. The number of halogens is 1. The Morgan fingerprint density at radius 1 is 1.30 bits per heavy atom. The molecule has 0 radical (unpaired) electrons. The topological polar surface area (TPSA) is 49.4 Å². The maximum Gasteiger partial charge on any atom is 0.228 e. The summed E-state index contributed by atoms with van der Waals surface area (Å²) in [6, 6.07) is 7.46. The minimum absolute atomic E-state index is 0.0615. The highest BCUT2D eigenvalue weighted by atomic mass is 79.9. The number of anilines is 1. The standard InChI is InChI=1S/C15H19BrN2O2/c1-3-18(4-2)15(20)13-9-12(13)14(19)17-11-7-5-6-10(16)8-11/h5-8,12-13H,3-4,9H2,1-2H3,(H,17,19). The molecule has 1 saturated carbocycles. The van der Waals surface area contributed by atoms with Crippen molar-refractivity contribution >= 4 is 33.4 Å². The van der Waals surface area contributed by atoms with Crippen molar-refractivity contribution in [2.75, 3.05) is 18.4 Å². The molecule has 0 bridgehead atoms. The van der Waals surface area contributed by atoms with Crippen LogP contribution < -0.4 is 5.32 Å². The van der Waals surface area contributed by atoms with E-state index in [2.05, 4.69) is 21.2 Å². The summed E-state index contributed by atoms with van der Waals surface area (Å²) in [4.78, 5) is 26.0. The molecule has 0 saturated heterocycles. The van der Waals surface area contributed by atoms with Gasteiger partial charge in [-0.25, -0.2) is 0 Å². The fourth-order valence-electron chi connectivity index (χ4n) is 2.33. The zero-order valence-electron chi connectivity index (χ0n) is 11.7. The number of benzene rings is 1. The summed E-state index contributed by atoms with van der Waals surface area (Å²) in [5.41, 5.74) is 0.755. The van der Waals surface area contributed by atoms with Gasteiger partial charge in [0, 0.05) is 23.2 Å². The Balaban J connectivity index is 1.91. The van der Waals surface area contributed by atoms with Crippen LogP contribution in [0.3, 0.4) is 0 Å². The summed E-state index contributed by atoms with van der Waals surface area (Å²) in [7, 11) is 0. The van der Waals surface area contributed by atoms with Crippen LogP contribution in [0.15, 0.2) is 28.7 Å². The fraction of sp³-hybridized carbons (Fsp3) is 0.467. The SMILES string of the molecule is CCN(CC)C(=O)C1CC1C(=O)Nc1cccc(Br)c1. The molecule has 2 rings (SSSR count). The molecule has 1 aliphatic carbocycles. The van der Waals surface area contributed by atoms with Crippen molar-refractivity contribution in [3.05, 3.63) is 28.7 Å². The minimum atomic E-state index is -0.179. The summed E-state index contributed by atoms with van der Waals surface area (Å²) < 4.78 is 0.918. The lowest BCUT2D eigenvalue weighted by Crippen LogP contribution is -2.33. The van der Waals surface area contributed by atoms with Crippen LogP contribution in [0.4, 0.5) is 5.69 Å². The van der Waals surface area contributed by atoms with Gasteiger partial charge in [0.1, 0.15) is 0 Å². The molecular formula is C15H19BrN2O2. The average molecular weight is 339 g/mol. The Morgan fingerprint density at radius 3 is 2.60 bits per heavy atom. The first-order valence-electron chi connectivity index (χ1n) is 6.92. The first kappa shape index (κ1) is 15.0. The van der Waals surface area contributed by atoms with Gasteiger partial charge in [-0.15, -0.1) is 0 Å². The van der Waals surface area contributed by atoms with E-state index < -0.39 is 0 Å². The van der Waals surface area contributed by atoms with E-state index >= 15 is 0 Å². The lowest BCUT2D eigenvalue weighted by atomic mass is 10.2. The number of hydrogen-bond donors (Lipinski definition) is 1. The molecule has 2 unspecified atom stereocenters. The van der Waals surface area contributed by atoms with Gasteiger partial charge in [0.05, 0.1) is 11.8 Å². The summed E-state index contributed by atoms with van der Waals surface area (Å²) in [5.74, 6) is -0.276. The minimum Gasteiger partial charge on any atom is -0.343 e. The number of amides is 2. The van der Waals surface area contributed by atoms with E-state index in [0.717, 1.165) is 10.2 Å². The van der Waals surface area contributed by atoms with Gasteiger partial charge >= 0.3 is 0 Å². The van der Waals surface area contributed by atoms with Crippen molar-refractivity contribution in [1.29, 1.82) is 0 Å². The third-order valence-electron chi connectivity index (χ3n) is 3.61. The van der Waals surface area contributed by atoms with E-state index in [1.165, 1.54) is 0 Å². The lowest BCUT2D eigenvalue weighted by molar-refractivity contribution is -0.133. The normalized spacial score (nSPS) is 20.4. The molecule has 0 spiro atoms. The molecule has 0 aliphatic heterocycles. The van der Waals surface area contributed by atoms with Gasteiger partial charge < -0.3 is 10.2 Å². The average Bonchev–Trinajstić information content (AvgIpc) is 3.20. The van der Waals surface area contributed by atoms with Crippen LogP contribution in [0.5, 0.6) is 0 Å². The summed E-state index contributed by atoms with van der Waals surface area (Å²) in [6.45, 7) is 5.32. The molecule has 2 atom stereocenters. The summed E-state index contributed by atoms with van der Waals surface area (Å²) >= 11 is 3.37. The fourth-order valence-corrected chi connectivity index (χ4v) is 2.73. The van der Waals surface area contributed by atoms with Gasteiger partial charge in [0.2, 0.25) is 11.8 Å². The molecule has 1 aromatic carbocycles. The van der Waals surface area contributed by atoms with Gasteiger partial charge in [-0.3, -0.25) is 9.59 Å². The van der Waals surface area contributed by atoms with Gasteiger partial charge in [0.15, 0.2) is 0 Å². The molecule has 1 aliphatic rings. The zero-order valence-corrected chi connectivity index (χ0v) is 13.3. The Labute approximate surface area is 127 Å².